The molecule has 1 aromatic rings. The number of carbonyl (C=O) groups excluding carboxylic acids is 2. The Morgan fingerprint density at radius 2 is 2.26 bits per heavy atom. The second-order valence-corrected chi connectivity index (χ2v) is 8.33. The summed E-state index contributed by atoms with van der Waals surface area (Å²) >= 11 is -1.85. The van der Waals surface area contributed by atoms with Gasteiger partial charge in [0.05, 0.1) is 6.10 Å². The molecule has 0 radical (unpaired) electrons. The maximum Gasteiger partial charge on any atom is 0.274 e. The summed E-state index contributed by atoms with van der Waals surface area (Å²) in [6, 6.07) is 2.93. The highest BCUT2D eigenvalue weighted by Gasteiger charge is 2.41. The minimum atomic E-state index is -1.85. The van der Waals surface area contributed by atoms with E-state index in [9.17, 15) is 19.2 Å². The lowest BCUT2D eigenvalue weighted by Crippen LogP contribution is -2.52. The molecule has 4 N–H and O–H groups in total. The molecule has 1 aromatic heterocycles. The Morgan fingerprint density at radius 1 is 1.52 bits per heavy atom. The number of aliphatic hydroxyl groups is 1. The number of aryl methyl sites for hydroxylation is 1. The number of aromatic nitrogens is 1. The number of amides is 2. The average Bonchev–Trinajstić information content (AvgIpc) is 2.79. The summed E-state index contributed by atoms with van der Waals surface area (Å²) in [5.41, 5.74) is 5.93. The molecule has 8 nitrogen and oxygen atoms in total. The number of nitrogens with one attached hydrogen (secondary N) is 1. The van der Waals surface area contributed by atoms with Crippen molar-refractivity contribution in [2.75, 3.05) is 13.1 Å². The zero-order valence-electron chi connectivity index (χ0n) is 15.8. The summed E-state index contributed by atoms with van der Waals surface area (Å²) in [5, 5.41) is 13.9. The number of rotatable bonds is 7. The van der Waals surface area contributed by atoms with Gasteiger partial charge in [0.2, 0.25) is 5.91 Å². The smallest absolute Gasteiger partial charge is 0.274 e. The van der Waals surface area contributed by atoms with E-state index in [4.69, 9.17) is 5.73 Å². The standard InChI is InChI=1S/C18H28N4O4S/c1-12(9-16(19)24)10-17(25)22(14-6-4-7-20-11-15(14)23)27(26)18-13(2)5-3-8-21-18/h3,5,8,12,14-15,20,23H,4,6-7,9-11H2,1-2H3,(H2,19,24)/t12-,14?,15?,27?/m0/s1. The number of nitrogens with two attached hydrogens (primary N) is 1. The van der Waals surface area contributed by atoms with E-state index in [0.29, 0.717) is 23.6 Å². The predicted molar refractivity (Wildman–Crippen MR) is 102 cm³/mol. The normalized spacial score (nSPS) is 22.5. The molecule has 150 valence electrons. The van der Waals surface area contributed by atoms with Crippen molar-refractivity contribution in [2.24, 2.45) is 11.7 Å². The maximum atomic E-state index is 13.3. The fraction of sp³-hybridized carbons (Fsp3) is 0.611. The molecule has 2 heterocycles. The first-order valence-electron chi connectivity index (χ1n) is 9.14. The Morgan fingerprint density at radius 3 is 2.93 bits per heavy atom. The Labute approximate surface area is 162 Å². The van der Waals surface area contributed by atoms with Crippen molar-refractivity contribution in [3.63, 3.8) is 0 Å². The highest BCUT2D eigenvalue weighted by atomic mass is 32.2. The van der Waals surface area contributed by atoms with Gasteiger partial charge in [-0.05, 0) is 38.3 Å². The molecule has 2 amide bonds. The molecular weight excluding hydrogens is 368 g/mol. The summed E-state index contributed by atoms with van der Waals surface area (Å²) in [5.74, 6) is -1.14. The van der Waals surface area contributed by atoms with E-state index in [0.717, 1.165) is 13.0 Å². The lowest BCUT2D eigenvalue weighted by atomic mass is 10.0. The van der Waals surface area contributed by atoms with Crippen LogP contribution < -0.4 is 11.1 Å². The molecule has 4 atom stereocenters. The van der Waals surface area contributed by atoms with E-state index in [-0.39, 0.29) is 24.7 Å². The van der Waals surface area contributed by atoms with Crippen LogP contribution in [0.1, 0.15) is 38.2 Å². The Bertz CT molecular complexity index is 660. The van der Waals surface area contributed by atoms with Crippen molar-refractivity contribution >= 4 is 23.2 Å². The minimum absolute atomic E-state index is 0.0250. The van der Waals surface area contributed by atoms with Crippen molar-refractivity contribution in [1.29, 1.82) is 0 Å². The molecule has 1 saturated heterocycles. The number of aliphatic hydroxyl groups excluding tert-OH is 1. The van der Waals surface area contributed by atoms with Crippen molar-refractivity contribution in [3.8, 4) is 0 Å². The molecule has 0 bridgehead atoms. The lowest BCUT2D eigenvalue weighted by molar-refractivity contribution is -0.130. The molecule has 1 fully saturated rings. The highest BCUT2D eigenvalue weighted by molar-refractivity contribution is 7.89. The molecular formula is C18H28N4O4S. The molecule has 0 spiro atoms. The first-order chi connectivity index (χ1) is 12.8. The number of pyridine rings is 1. The summed E-state index contributed by atoms with van der Waals surface area (Å²) in [7, 11) is 0. The third-order valence-corrected chi connectivity index (χ3v) is 6.17. The first kappa shape index (κ1) is 21.6. The van der Waals surface area contributed by atoms with Crippen LogP contribution in [0.3, 0.4) is 0 Å². The van der Waals surface area contributed by atoms with E-state index in [2.05, 4.69) is 10.3 Å². The van der Waals surface area contributed by atoms with Gasteiger partial charge in [0.1, 0.15) is 17.4 Å². The van der Waals surface area contributed by atoms with Gasteiger partial charge in [-0.2, -0.15) is 0 Å². The van der Waals surface area contributed by atoms with Gasteiger partial charge in [0, 0.05) is 31.1 Å². The summed E-state index contributed by atoms with van der Waals surface area (Å²) < 4.78 is 14.6. The van der Waals surface area contributed by atoms with Gasteiger partial charge in [-0.25, -0.2) is 4.98 Å². The predicted octanol–water partition coefficient (Wildman–Crippen LogP) is 0.256. The van der Waals surface area contributed by atoms with Crippen LogP contribution in [-0.4, -0.2) is 56.0 Å². The number of hydrogen-bond donors (Lipinski definition) is 3. The van der Waals surface area contributed by atoms with Crippen LogP contribution in [0.5, 0.6) is 0 Å². The topological polar surface area (TPSA) is 132 Å². The molecule has 3 unspecified atom stereocenters. The third kappa shape index (κ3) is 5.90. The lowest BCUT2D eigenvalue weighted by Gasteiger charge is -2.33. The van der Waals surface area contributed by atoms with E-state index < -0.39 is 29.4 Å². The zero-order valence-corrected chi connectivity index (χ0v) is 16.6. The van der Waals surface area contributed by atoms with Crippen LogP contribution in [0.4, 0.5) is 0 Å². The van der Waals surface area contributed by atoms with Gasteiger partial charge in [0.15, 0.2) is 0 Å². The Balaban J connectivity index is 2.31. The number of nitrogens with zero attached hydrogens (tertiary/aromatic N) is 2. The average molecular weight is 397 g/mol. The largest absolute Gasteiger partial charge is 0.586 e. The Kier molecular flexibility index (Phi) is 8.03. The molecule has 2 rings (SSSR count). The van der Waals surface area contributed by atoms with Crippen LogP contribution in [0.2, 0.25) is 0 Å². The maximum absolute atomic E-state index is 13.3. The minimum Gasteiger partial charge on any atom is -0.586 e. The van der Waals surface area contributed by atoms with Gasteiger partial charge < -0.3 is 20.7 Å². The third-order valence-electron chi connectivity index (χ3n) is 4.58. The van der Waals surface area contributed by atoms with Gasteiger partial charge >= 0.3 is 0 Å². The molecule has 0 saturated carbocycles. The van der Waals surface area contributed by atoms with Crippen LogP contribution in [0.15, 0.2) is 23.4 Å². The summed E-state index contributed by atoms with van der Waals surface area (Å²) in [6.07, 6.45) is 2.07. The van der Waals surface area contributed by atoms with E-state index >= 15 is 0 Å². The quantitative estimate of drug-likeness (QED) is 0.566. The van der Waals surface area contributed by atoms with Crippen LogP contribution in [-0.2, 0) is 21.0 Å². The molecule has 0 aromatic carbocycles. The van der Waals surface area contributed by atoms with Crippen molar-refractivity contribution < 1.29 is 19.2 Å². The molecule has 1 aliphatic rings. The number of β-amino-alcohol motifs (C(OH)–C–C–N with tert-alkyl or cyclic N) is 1. The van der Waals surface area contributed by atoms with Crippen molar-refractivity contribution in [2.45, 2.75) is 56.7 Å². The fourth-order valence-corrected chi connectivity index (χ4v) is 4.67. The van der Waals surface area contributed by atoms with Crippen LogP contribution >= 0.6 is 0 Å². The van der Waals surface area contributed by atoms with Gasteiger partial charge in [-0.15, -0.1) is 4.31 Å². The summed E-state index contributed by atoms with van der Waals surface area (Å²) in [6.45, 7) is 4.58. The number of hydrogen-bond acceptors (Lipinski definition) is 6. The fourth-order valence-electron chi connectivity index (χ4n) is 3.24. The van der Waals surface area contributed by atoms with Crippen LogP contribution in [0, 0.1) is 12.8 Å². The van der Waals surface area contributed by atoms with Crippen molar-refractivity contribution in [1.82, 2.24) is 14.6 Å². The SMILES string of the molecule is Cc1cccnc1[S+]([O-])N(C(=O)C[C@@H](C)CC(N)=O)C1CCCNCC1O. The molecule has 9 heteroatoms. The molecule has 0 aliphatic carbocycles. The van der Waals surface area contributed by atoms with E-state index in [1.807, 2.05) is 0 Å². The highest BCUT2D eigenvalue weighted by Crippen LogP contribution is 2.26. The number of carbonyl (C=O) groups is 2. The van der Waals surface area contributed by atoms with Crippen LogP contribution in [0.25, 0.3) is 0 Å². The van der Waals surface area contributed by atoms with Crippen molar-refractivity contribution in [3.05, 3.63) is 23.9 Å². The molecule has 27 heavy (non-hydrogen) atoms. The second kappa shape index (κ2) is 10.0. The first-order valence-corrected chi connectivity index (χ1v) is 10.2. The van der Waals surface area contributed by atoms with Gasteiger partial charge in [0.25, 0.3) is 10.9 Å². The van der Waals surface area contributed by atoms with E-state index in [1.54, 1.807) is 26.0 Å². The zero-order chi connectivity index (χ0) is 20.0. The summed E-state index contributed by atoms with van der Waals surface area (Å²) in [4.78, 5) is 28.4. The Hall–Kier alpha value is -1.68. The molecule has 1 aliphatic heterocycles. The van der Waals surface area contributed by atoms with Gasteiger partial charge in [-0.1, -0.05) is 13.0 Å². The van der Waals surface area contributed by atoms with E-state index in [1.165, 1.54) is 10.5 Å². The van der Waals surface area contributed by atoms with Gasteiger partial charge in [-0.3, -0.25) is 9.59 Å². The second-order valence-electron chi connectivity index (χ2n) is 7.05. The monoisotopic (exact) mass is 396 g/mol. The number of primary amides is 1.